The van der Waals surface area contributed by atoms with Crippen molar-refractivity contribution in [2.24, 2.45) is 0 Å². The van der Waals surface area contributed by atoms with Gasteiger partial charge in [0.2, 0.25) is 9.84 Å². The minimum absolute atomic E-state index is 0.0282. The Balaban J connectivity index is 1.27. The van der Waals surface area contributed by atoms with Crippen LogP contribution in [-0.2, 0) is 16.3 Å². The Morgan fingerprint density at radius 3 is 2.39 bits per heavy atom. The maximum absolute atomic E-state index is 13.0. The van der Waals surface area contributed by atoms with E-state index in [1.807, 2.05) is 0 Å². The van der Waals surface area contributed by atoms with Crippen molar-refractivity contribution in [1.29, 1.82) is 0 Å². The lowest BCUT2D eigenvalue weighted by Gasteiger charge is -2.08. The minimum Gasteiger partial charge on any atom is -0.294 e. The van der Waals surface area contributed by atoms with Crippen LogP contribution in [0.3, 0.4) is 0 Å². The Hall–Kier alpha value is -4.11. The first kappa shape index (κ1) is 20.8. The van der Waals surface area contributed by atoms with Crippen molar-refractivity contribution < 1.29 is 13.2 Å². The van der Waals surface area contributed by atoms with Gasteiger partial charge in [-0.25, -0.2) is 18.1 Å². The fourth-order valence-corrected chi connectivity index (χ4v) is 4.82. The molecule has 164 valence electrons. The summed E-state index contributed by atoms with van der Waals surface area (Å²) in [5.41, 5.74) is 2.83. The second kappa shape index (κ2) is 8.44. The third kappa shape index (κ3) is 4.18. The molecule has 2 aromatic carbocycles. The van der Waals surface area contributed by atoms with Gasteiger partial charge in [-0.1, -0.05) is 12.1 Å². The van der Waals surface area contributed by atoms with E-state index >= 15 is 0 Å². The number of ketones is 1. The summed E-state index contributed by atoms with van der Waals surface area (Å²) in [6, 6.07) is 16.8. The van der Waals surface area contributed by atoms with Gasteiger partial charge < -0.3 is 0 Å². The number of hydrogen-bond acceptors (Lipinski definition) is 6. The minimum atomic E-state index is -3.64. The van der Waals surface area contributed by atoms with Crippen LogP contribution >= 0.6 is 0 Å². The normalized spacial score (nSPS) is 11.6. The average molecular weight is 458 g/mol. The van der Waals surface area contributed by atoms with Crippen molar-refractivity contribution in [2.45, 2.75) is 22.6 Å². The number of hydrogen-bond donors (Lipinski definition) is 1. The molecule has 33 heavy (non-hydrogen) atoms. The molecular weight excluding hydrogens is 438 g/mol. The Labute approximate surface area is 189 Å². The van der Waals surface area contributed by atoms with Crippen molar-refractivity contribution in [1.82, 2.24) is 25.0 Å². The highest BCUT2D eigenvalue weighted by molar-refractivity contribution is 7.91. The number of benzene rings is 2. The van der Waals surface area contributed by atoms with Crippen LogP contribution in [0.5, 0.6) is 0 Å². The van der Waals surface area contributed by atoms with Gasteiger partial charge >= 0.3 is 0 Å². The highest BCUT2D eigenvalue weighted by Gasteiger charge is 2.18. The predicted octanol–water partition coefficient (Wildman–Crippen LogP) is 3.79. The van der Waals surface area contributed by atoms with Crippen molar-refractivity contribution in [2.75, 3.05) is 0 Å². The molecule has 0 radical (unpaired) electrons. The van der Waals surface area contributed by atoms with Crippen molar-refractivity contribution in [3.05, 3.63) is 96.6 Å². The number of carbonyl (C=O) groups excluding carboxylic acids is 1. The molecule has 8 nitrogen and oxygen atoms in total. The molecule has 0 saturated heterocycles. The number of aromatic amines is 1. The topological polar surface area (TPSA) is 111 Å². The Bertz CT molecular complexity index is 1520. The third-order valence-corrected chi connectivity index (χ3v) is 7.19. The monoisotopic (exact) mass is 457 g/mol. The number of carbonyl (C=O) groups is 1. The molecule has 0 amide bonds. The smallest absolute Gasteiger partial charge is 0.206 e. The second-order valence-electron chi connectivity index (χ2n) is 7.55. The standard InChI is InChI=1S/C24H19N5O3S/c30-23(18-14-19-16-26-28-24(19)25-15-18)11-4-17-2-7-21(8-3-17)33(31,32)22-9-5-20(6-10-22)29-13-1-12-27-29/h1-3,5-10,12-16H,4,11H2,(H,25,26,28). The highest BCUT2D eigenvalue weighted by Crippen LogP contribution is 2.23. The molecule has 0 aliphatic carbocycles. The predicted molar refractivity (Wildman–Crippen MR) is 122 cm³/mol. The van der Waals surface area contributed by atoms with E-state index < -0.39 is 9.84 Å². The second-order valence-corrected chi connectivity index (χ2v) is 9.50. The van der Waals surface area contributed by atoms with Gasteiger partial charge in [-0.3, -0.25) is 9.89 Å². The zero-order valence-electron chi connectivity index (χ0n) is 17.4. The maximum Gasteiger partial charge on any atom is 0.206 e. The fraction of sp³-hybridized carbons (Fsp3) is 0.0833. The largest absolute Gasteiger partial charge is 0.294 e. The SMILES string of the molecule is O=C(CCc1ccc(S(=O)(=O)c2ccc(-n3cccn3)cc2)cc1)c1cnc2[nH]ncc2c1. The first-order valence-corrected chi connectivity index (χ1v) is 11.8. The lowest BCUT2D eigenvalue weighted by Crippen LogP contribution is -2.04. The van der Waals surface area contributed by atoms with Crippen molar-refractivity contribution in [3.8, 4) is 5.69 Å². The molecule has 0 fully saturated rings. The van der Waals surface area contributed by atoms with Crippen LogP contribution < -0.4 is 0 Å². The molecule has 3 heterocycles. The number of sulfone groups is 1. The van der Waals surface area contributed by atoms with Crippen LogP contribution in [0.2, 0.25) is 0 Å². The molecule has 3 aromatic heterocycles. The molecule has 5 rings (SSSR count). The molecule has 0 saturated carbocycles. The number of rotatable bonds is 7. The lowest BCUT2D eigenvalue weighted by molar-refractivity contribution is 0.0982. The molecule has 0 aliphatic heterocycles. The van der Waals surface area contributed by atoms with Crippen LogP contribution in [0.4, 0.5) is 0 Å². The molecule has 0 spiro atoms. The summed E-state index contributed by atoms with van der Waals surface area (Å²) >= 11 is 0. The Morgan fingerprint density at radius 1 is 0.970 bits per heavy atom. The van der Waals surface area contributed by atoms with Crippen LogP contribution in [-0.4, -0.2) is 39.2 Å². The van der Waals surface area contributed by atoms with Crippen LogP contribution in [0, 0.1) is 0 Å². The van der Waals surface area contributed by atoms with Gasteiger partial charge in [0.1, 0.15) is 0 Å². The number of pyridine rings is 1. The van der Waals surface area contributed by atoms with Gasteiger partial charge in [0.05, 0.1) is 21.7 Å². The van der Waals surface area contributed by atoms with Gasteiger partial charge in [-0.15, -0.1) is 0 Å². The summed E-state index contributed by atoms with van der Waals surface area (Å²) in [6.45, 7) is 0. The van der Waals surface area contributed by atoms with E-state index in [-0.39, 0.29) is 15.6 Å². The van der Waals surface area contributed by atoms with Crippen molar-refractivity contribution in [3.63, 3.8) is 0 Å². The molecular formula is C24H19N5O3S. The summed E-state index contributed by atoms with van der Waals surface area (Å²) in [7, 11) is -3.64. The summed E-state index contributed by atoms with van der Waals surface area (Å²) < 4.78 is 27.6. The van der Waals surface area contributed by atoms with Gasteiger partial charge in [0.25, 0.3) is 0 Å². The maximum atomic E-state index is 13.0. The summed E-state index contributed by atoms with van der Waals surface area (Å²) in [4.78, 5) is 17.1. The average Bonchev–Trinajstić information content (AvgIpc) is 3.55. The van der Waals surface area contributed by atoms with Crippen LogP contribution in [0.25, 0.3) is 16.7 Å². The van der Waals surface area contributed by atoms with E-state index in [1.54, 1.807) is 83.9 Å². The van der Waals surface area contributed by atoms with Crippen LogP contribution in [0.1, 0.15) is 22.3 Å². The molecule has 0 aliphatic rings. The van der Waals surface area contributed by atoms with E-state index in [4.69, 9.17) is 0 Å². The number of H-pyrrole nitrogens is 1. The first-order valence-electron chi connectivity index (χ1n) is 10.3. The summed E-state index contributed by atoms with van der Waals surface area (Å²) in [6.07, 6.45) is 7.42. The van der Waals surface area contributed by atoms with Crippen LogP contribution in [0.15, 0.2) is 95.2 Å². The van der Waals surface area contributed by atoms with E-state index in [9.17, 15) is 13.2 Å². The van der Waals surface area contributed by atoms with Gasteiger partial charge in [-0.2, -0.15) is 10.2 Å². The van der Waals surface area contributed by atoms with Gasteiger partial charge in [0, 0.05) is 36.0 Å². The number of aryl methyl sites for hydroxylation is 1. The highest BCUT2D eigenvalue weighted by atomic mass is 32.2. The molecule has 0 atom stereocenters. The molecule has 1 N–H and O–H groups in total. The van der Waals surface area contributed by atoms with Crippen molar-refractivity contribution >= 4 is 26.7 Å². The zero-order valence-corrected chi connectivity index (χ0v) is 18.2. The Morgan fingerprint density at radius 2 is 1.70 bits per heavy atom. The van der Waals surface area contributed by atoms with Gasteiger partial charge in [-0.05, 0) is 60.5 Å². The number of Topliss-reactive ketones (excluding diaryl/α,β-unsaturated/α-hetero) is 1. The third-order valence-electron chi connectivity index (χ3n) is 5.40. The molecule has 0 unspecified atom stereocenters. The molecule has 9 heteroatoms. The fourth-order valence-electron chi connectivity index (χ4n) is 3.56. The quantitative estimate of drug-likeness (QED) is 0.372. The number of nitrogens with one attached hydrogen (secondary N) is 1. The van der Waals surface area contributed by atoms with E-state index in [2.05, 4.69) is 20.3 Å². The molecule has 0 bridgehead atoms. The first-order chi connectivity index (χ1) is 16.0. The summed E-state index contributed by atoms with van der Waals surface area (Å²) in [5, 5.41) is 11.6. The Kier molecular flexibility index (Phi) is 5.31. The van der Waals surface area contributed by atoms with E-state index in [1.165, 1.54) is 6.20 Å². The zero-order chi connectivity index (χ0) is 22.8. The number of nitrogens with zero attached hydrogens (tertiary/aromatic N) is 4. The number of fused-ring (bicyclic) bond motifs is 1. The van der Waals surface area contributed by atoms with E-state index in [0.717, 1.165) is 16.6 Å². The lowest BCUT2D eigenvalue weighted by atomic mass is 10.0. The summed E-state index contributed by atoms with van der Waals surface area (Å²) in [5.74, 6) is -0.0282. The number of aromatic nitrogens is 5. The molecule has 5 aromatic rings. The van der Waals surface area contributed by atoms with E-state index in [0.29, 0.717) is 24.1 Å². The van der Waals surface area contributed by atoms with Gasteiger partial charge in [0.15, 0.2) is 11.4 Å².